The highest BCUT2D eigenvalue weighted by atomic mass is 16.5. The molecule has 0 spiro atoms. The van der Waals surface area contributed by atoms with E-state index in [-0.39, 0.29) is 12.0 Å². The molecular weight excluding hydrogens is 266 g/mol. The molecule has 110 valence electrons. The molecule has 1 aromatic heterocycles. The molecule has 0 radical (unpaired) electrons. The molecule has 21 heavy (non-hydrogen) atoms. The topological polar surface area (TPSA) is 64.1 Å². The minimum atomic E-state index is -0.249. The molecule has 0 aliphatic rings. The Bertz CT molecular complexity index is 616. The number of carbonyl (C=O) groups is 1. The molecule has 1 aromatic carbocycles. The average Bonchev–Trinajstić information content (AvgIpc) is 2.39. The number of amides is 1. The second-order valence-corrected chi connectivity index (χ2v) is 5.09. The number of carbonyl (C=O) groups excluding carboxylic acids is 1. The summed E-state index contributed by atoms with van der Waals surface area (Å²) in [6, 6.07) is 8.92. The van der Waals surface area contributed by atoms with Crippen LogP contribution in [0.5, 0.6) is 5.75 Å². The molecule has 0 saturated carbocycles. The van der Waals surface area contributed by atoms with Gasteiger partial charge in [-0.15, -0.1) is 0 Å². The van der Waals surface area contributed by atoms with Crippen molar-refractivity contribution in [2.24, 2.45) is 0 Å². The lowest BCUT2D eigenvalue weighted by Gasteiger charge is -2.10. The Balaban J connectivity index is 2.08. The first kappa shape index (κ1) is 15.0. The molecule has 0 aliphatic heterocycles. The number of benzene rings is 1. The SMILES string of the molecule is Cc1cc(C(=O)Nc2ccc(OC(C)C)cc2)nc(C)n1. The van der Waals surface area contributed by atoms with E-state index in [9.17, 15) is 4.79 Å². The number of anilines is 1. The van der Waals surface area contributed by atoms with Gasteiger partial charge in [-0.2, -0.15) is 0 Å². The number of nitrogens with one attached hydrogen (secondary N) is 1. The van der Waals surface area contributed by atoms with E-state index < -0.39 is 0 Å². The molecule has 1 heterocycles. The zero-order valence-electron chi connectivity index (χ0n) is 12.7. The lowest BCUT2D eigenvalue weighted by atomic mass is 10.2. The summed E-state index contributed by atoms with van der Waals surface area (Å²) in [6.07, 6.45) is 0.123. The van der Waals surface area contributed by atoms with E-state index in [4.69, 9.17) is 4.74 Å². The lowest BCUT2D eigenvalue weighted by molar-refractivity contribution is 0.102. The van der Waals surface area contributed by atoms with Gasteiger partial charge in [0.1, 0.15) is 17.3 Å². The van der Waals surface area contributed by atoms with Crippen LogP contribution < -0.4 is 10.1 Å². The van der Waals surface area contributed by atoms with Gasteiger partial charge in [0.05, 0.1) is 6.10 Å². The number of aryl methyl sites for hydroxylation is 2. The van der Waals surface area contributed by atoms with Crippen LogP contribution in [0.2, 0.25) is 0 Å². The van der Waals surface area contributed by atoms with Crippen molar-refractivity contribution in [2.75, 3.05) is 5.32 Å². The minimum Gasteiger partial charge on any atom is -0.491 e. The molecule has 0 aliphatic carbocycles. The fourth-order valence-corrected chi connectivity index (χ4v) is 1.92. The fraction of sp³-hybridized carbons (Fsp3) is 0.312. The van der Waals surface area contributed by atoms with Crippen molar-refractivity contribution in [3.63, 3.8) is 0 Å². The van der Waals surface area contributed by atoms with Gasteiger partial charge in [-0.1, -0.05) is 0 Å². The molecule has 1 amide bonds. The van der Waals surface area contributed by atoms with E-state index in [0.29, 0.717) is 17.2 Å². The summed E-state index contributed by atoms with van der Waals surface area (Å²) in [5.41, 5.74) is 1.83. The molecule has 5 nitrogen and oxygen atoms in total. The largest absolute Gasteiger partial charge is 0.491 e. The van der Waals surface area contributed by atoms with E-state index in [0.717, 1.165) is 11.4 Å². The second-order valence-electron chi connectivity index (χ2n) is 5.09. The van der Waals surface area contributed by atoms with Gasteiger partial charge in [-0.25, -0.2) is 9.97 Å². The minimum absolute atomic E-state index is 0.123. The first-order chi connectivity index (χ1) is 9.94. The Hall–Kier alpha value is -2.43. The molecule has 0 atom stereocenters. The highest BCUT2D eigenvalue weighted by Gasteiger charge is 2.09. The van der Waals surface area contributed by atoms with Gasteiger partial charge < -0.3 is 10.1 Å². The van der Waals surface area contributed by atoms with Crippen molar-refractivity contribution in [1.29, 1.82) is 0 Å². The fourth-order valence-electron chi connectivity index (χ4n) is 1.92. The van der Waals surface area contributed by atoms with Gasteiger partial charge in [-0.05, 0) is 58.0 Å². The second kappa shape index (κ2) is 6.35. The maximum atomic E-state index is 12.1. The van der Waals surface area contributed by atoms with Gasteiger partial charge >= 0.3 is 0 Å². The van der Waals surface area contributed by atoms with Crippen molar-refractivity contribution >= 4 is 11.6 Å². The molecule has 1 N–H and O–H groups in total. The van der Waals surface area contributed by atoms with Crippen LogP contribution in [0.15, 0.2) is 30.3 Å². The van der Waals surface area contributed by atoms with Crippen molar-refractivity contribution in [2.45, 2.75) is 33.8 Å². The average molecular weight is 285 g/mol. The summed E-state index contributed by atoms with van der Waals surface area (Å²) in [5.74, 6) is 1.11. The highest BCUT2D eigenvalue weighted by Crippen LogP contribution is 2.17. The Morgan fingerprint density at radius 3 is 2.38 bits per heavy atom. The maximum Gasteiger partial charge on any atom is 0.274 e. The predicted molar refractivity (Wildman–Crippen MR) is 81.7 cm³/mol. The van der Waals surface area contributed by atoms with Crippen molar-refractivity contribution < 1.29 is 9.53 Å². The maximum absolute atomic E-state index is 12.1. The molecule has 0 saturated heterocycles. The third kappa shape index (κ3) is 4.27. The van der Waals surface area contributed by atoms with Crippen LogP contribution in [0.3, 0.4) is 0 Å². The number of ether oxygens (including phenoxy) is 1. The summed E-state index contributed by atoms with van der Waals surface area (Å²) in [6.45, 7) is 7.54. The number of nitrogens with zero attached hydrogens (tertiary/aromatic N) is 2. The van der Waals surface area contributed by atoms with Gasteiger partial charge in [0, 0.05) is 11.4 Å². The molecule has 0 fully saturated rings. The number of hydrogen-bond acceptors (Lipinski definition) is 4. The molecule has 2 aromatic rings. The lowest BCUT2D eigenvalue weighted by Crippen LogP contribution is -2.15. The van der Waals surface area contributed by atoms with E-state index >= 15 is 0 Å². The van der Waals surface area contributed by atoms with Crippen molar-refractivity contribution in [3.8, 4) is 5.75 Å². The van der Waals surface area contributed by atoms with E-state index in [1.54, 1.807) is 25.1 Å². The monoisotopic (exact) mass is 285 g/mol. The van der Waals surface area contributed by atoms with Gasteiger partial charge in [0.2, 0.25) is 0 Å². The van der Waals surface area contributed by atoms with Crippen LogP contribution in [-0.2, 0) is 0 Å². The summed E-state index contributed by atoms with van der Waals surface area (Å²) in [7, 11) is 0. The van der Waals surface area contributed by atoms with E-state index in [1.165, 1.54) is 0 Å². The standard InChI is InChI=1S/C16H19N3O2/c1-10(2)21-14-7-5-13(6-8-14)19-16(20)15-9-11(3)17-12(4)18-15/h5-10H,1-4H3,(H,19,20). The van der Waals surface area contributed by atoms with Crippen LogP contribution in [-0.4, -0.2) is 22.0 Å². The normalized spacial score (nSPS) is 10.5. The number of aromatic nitrogens is 2. The third-order valence-corrected chi connectivity index (χ3v) is 2.68. The first-order valence-corrected chi connectivity index (χ1v) is 6.84. The van der Waals surface area contributed by atoms with Crippen molar-refractivity contribution in [1.82, 2.24) is 9.97 Å². The molecule has 2 rings (SSSR count). The third-order valence-electron chi connectivity index (χ3n) is 2.68. The van der Waals surface area contributed by atoms with E-state index in [2.05, 4.69) is 15.3 Å². The van der Waals surface area contributed by atoms with Gasteiger partial charge in [-0.3, -0.25) is 4.79 Å². The van der Waals surface area contributed by atoms with Crippen LogP contribution in [0.4, 0.5) is 5.69 Å². The summed E-state index contributed by atoms with van der Waals surface area (Å²) >= 11 is 0. The van der Waals surface area contributed by atoms with Crippen LogP contribution >= 0.6 is 0 Å². The van der Waals surface area contributed by atoms with Crippen LogP contribution in [0.25, 0.3) is 0 Å². The quantitative estimate of drug-likeness (QED) is 0.937. The van der Waals surface area contributed by atoms with Gasteiger partial charge in [0.25, 0.3) is 5.91 Å². The molecule has 0 bridgehead atoms. The number of hydrogen-bond donors (Lipinski definition) is 1. The van der Waals surface area contributed by atoms with E-state index in [1.807, 2.05) is 32.9 Å². The predicted octanol–water partition coefficient (Wildman–Crippen LogP) is 3.13. The zero-order chi connectivity index (χ0) is 15.4. The first-order valence-electron chi connectivity index (χ1n) is 6.84. The molecule has 5 heteroatoms. The summed E-state index contributed by atoms with van der Waals surface area (Å²) < 4.78 is 5.56. The smallest absolute Gasteiger partial charge is 0.274 e. The Morgan fingerprint density at radius 1 is 1.14 bits per heavy atom. The Kier molecular flexibility index (Phi) is 4.52. The molecule has 0 unspecified atom stereocenters. The Morgan fingerprint density at radius 2 is 1.81 bits per heavy atom. The van der Waals surface area contributed by atoms with Gasteiger partial charge in [0.15, 0.2) is 0 Å². The van der Waals surface area contributed by atoms with Crippen LogP contribution in [0.1, 0.15) is 35.9 Å². The summed E-state index contributed by atoms with van der Waals surface area (Å²) in [5, 5.41) is 2.81. The molecular formula is C16H19N3O2. The Labute approximate surface area is 124 Å². The zero-order valence-corrected chi connectivity index (χ0v) is 12.7. The summed E-state index contributed by atoms with van der Waals surface area (Å²) in [4.78, 5) is 20.4. The van der Waals surface area contributed by atoms with Crippen molar-refractivity contribution in [3.05, 3.63) is 47.5 Å². The van der Waals surface area contributed by atoms with Crippen LogP contribution in [0, 0.1) is 13.8 Å². The highest BCUT2D eigenvalue weighted by molar-refractivity contribution is 6.02. The number of rotatable bonds is 4.